The van der Waals surface area contributed by atoms with Crippen molar-refractivity contribution in [3.63, 3.8) is 0 Å². The van der Waals surface area contributed by atoms with Crippen LogP contribution in [0.25, 0.3) is 22.2 Å². The first-order valence-electron chi connectivity index (χ1n) is 11.5. The molecule has 0 bridgehead atoms. The zero-order valence-electron chi connectivity index (χ0n) is 19.3. The Hall–Kier alpha value is -2.86. The lowest BCUT2D eigenvalue weighted by Crippen LogP contribution is -2.36. The molecule has 1 saturated heterocycles. The molecule has 1 unspecified atom stereocenters. The number of pyridine rings is 1. The molecule has 4 heterocycles. The summed E-state index contributed by atoms with van der Waals surface area (Å²) in [5.74, 6) is 0. The number of ether oxygens (including phenoxy) is 2. The minimum absolute atomic E-state index is 0.00550. The fraction of sp³-hybridized carbons (Fsp3) is 0.462. The zero-order chi connectivity index (χ0) is 22.5. The Morgan fingerprint density at radius 3 is 2.91 bits per heavy atom. The standard InChI is InChI=1S/C26H31N3O3/c1-16-13-27-24-20(16)12-19(14-28-24)18-10-17-7-9-31-15-22(17)21(11-18)23-6-5-8-29(23)25(30)32-26(2,3)4/h10-14,23H,5-9,15H2,1-4H3,(H,27,28). The molecule has 2 aliphatic heterocycles. The monoisotopic (exact) mass is 433 g/mol. The number of rotatable bonds is 2. The maximum atomic E-state index is 13.0. The summed E-state index contributed by atoms with van der Waals surface area (Å²) in [7, 11) is 0. The molecule has 2 aromatic heterocycles. The largest absolute Gasteiger partial charge is 0.444 e. The van der Waals surface area contributed by atoms with Crippen molar-refractivity contribution in [2.24, 2.45) is 0 Å². The van der Waals surface area contributed by atoms with E-state index < -0.39 is 5.60 Å². The highest BCUT2D eigenvalue weighted by molar-refractivity contribution is 5.84. The van der Waals surface area contributed by atoms with Crippen LogP contribution < -0.4 is 0 Å². The van der Waals surface area contributed by atoms with Gasteiger partial charge in [-0.3, -0.25) is 0 Å². The third kappa shape index (κ3) is 3.88. The van der Waals surface area contributed by atoms with Gasteiger partial charge in [-0.1, -0.05) is 6.07 Å². The molecule has 1 fully saturated rings. The number of fused-ring (bicyclic) bond motifs is 2. The van der Waals surface area contributed by atoms with Gasteiger partial charge in [-0.25, -0.2) is 9.78 Å². The number of carbonyl (C=O) groups excluding carboxylic acids is 1. The van der Waals surface area contributed by atoms with E-state index in [2.05, 4.69) is 35.1 Å². The Bertz CT molecular complexity index is 1180. The third-order valence-corrected chi connectivity index (χ3v) is 6.45. The maximum Gasteiger partial charge on any atom is 0.410 e. The molecule has 0 radical (unpaired) electrons. The second kappa shape index (κ2) is 7.93. The first-order chi connectivity index (χ1) is 15.3. The van der Waals surface area contributed by atoms with E-state index in [0.717, 1.165) is 54.6 Å². The van der Waals surface area contributed by atoms with Crippen molar-refractivity contribution >= 4 is 17.1 Å². The number of carbonyl (C=O) groups is 1. The first-order valence-corrected chi connectivity index (χ1v) is 11.5. The number of benzene rings is 1. The number of nitrogens with one attached hydrogen (secondary N) is 1. The van der Waals surface area contributed by atoms with Crippen LogP contribution in [0, 0.1) is 6.92 Å². The molecule has 168 valence electrons. The van der Waals surface area contributed by atoms with Gasteiger partial charge in [0.25, 0.3) is 0 Å². The molecule has 0 saturated carbocycles. The predicted octanol–water partition coefficient (Wildman–Crippen LogP) is 5.68. The molecule has 5 rings (SSSR count). The normalized spacial score (nSPS) is 18.8. The predicted molar refractivity (Wildman–Crippen MR) is 125 cm³/mol. The molecular weight excluding hydrogens is 402 g/mol. The molecule has 2 aliphatic rings. The Kier molecular flexibility index (Phi) is 5.20. The van der Waals surface area contributed by atoms with Crippen LogP contribution in [0.15, 0.2) is 30.6 Å². The molecule has 32 heavy (non-hydrogen) atoms. The van der Waals surface area contributed by atoms with E-state index in [1.165, 1.54) is 22.3 Å². The van der Waals surface area contributed by atoms with E-state index in [4.69, 9.17) is 9.47 Å². The summed E-state index contributed by atoms with van der Waals surface area (Å²) in [6.07, 6.45) is 6.48. The van der Waals surface area contributed by atoms with Crippen LogP contribution in [-0.4, -0.2) is 39.7 Å². The summed E-state index contributed by atoms with van der Waals surface area (Å²) in [6, 6.07) is 6.73. The van der Waals surface area contributed by atoms with Gasteiger partial charge < -0.3 is 19.4 Å². The number of hydrogen-bond acceptors (Lipinski definition) is 4. The van der Waals surface area contributed by atoms with Crippen molar-refractivity contribution in [3.8, 4) is 11.1 Å². The number of amides is 1. The molecule has 1 atom stereocenters. The van der Waals surface area contributed by atoms with Crippen LogP contribution in [-0.2, 0) is 22.5 Å². The summed E-state index contributed by atoms with van der Waals surface area (Å²) < 4.78 is 11.6. The lowest BCUT2D eigenvalue weighted by Gasteiger charge is -2.31. The van der Waals surface area contributed by atoms with E-state index in [-0.39, 0.29) is 12.1 Å². The van der Waals surface area contributed by atoms with Crippen LogP contribution >= 0.6 is 0 Å². The average Bonchev–Trinajstić information content (AvgIpc) is 3.39. The third-order valence-electron chi connectivity index (χ3n) is 6.45. The van der Waals surface area contributed by atoms with Crippen LogP contribution in [0.3, 0.4) is 0 Å². The van der Waals surface area contributed by atoms with Gasteiger partial charge in [-0.15, -0.1) is 0 Å². The van der Waals surface area contributed by atoms with Gasteiger partial charge in [0.2, 0.25) is 0 Å². The van der Waals surface area contributed by atoms with Crippen molar-refractivity contribution in [3.05, 3.63) is 52.8 Å². The quantitative estimate of drug-likeness (QED) is 0.564. The fourth-order valence-electron chi connectivity index (χ4n) is 4.90. The van der Waals surface area contributed by atoms with Crippen LogP contribution in [0.2, 0.25) is 0 Å². The molecule has 1 aromatic carbocycles. The highest BCUT2D eigenvalue weighted by Gasteiger charge is 2.35. The number of nitrogens with zero attached hydrogens (tertiary/aromatic N) is 2. The molecule has 0 aliphatic carbocycles. The van der Waals surface area contributed by atoms with Gasteiger partial charge in [0.1, 0.15) is 11.2 Å². The molecule has 3 aromatic rings. The van der Waals surface area contributed by atoms with Crippen molar-refractivity contribution < 1.29 is 14.3 Å². The van der Waals surface area contributed by atoms with E-state index in [1.54, 1.807) is 0 Å². The summed E-state index contributed by atoms with van der Waals surface area (Å²) in [4.78, 5) is 22.7. The van der Waals surface area contributed by atoms with Gasteiger partial charge in [0.15, 0.2) is 0 Å². The van der Waals surface area contributed by atoms with E-state index in [9.17, 15) is 4.79 Å². The zero-order valence-corrected chi connectivity index (χ0v) is 19.3. The first kappa shape index (κ1) is 21.0. The topological polar surface area (TPSA) is 67.5 Å². The molecular formula is C26H31N3O3. The van der Waals surface area contributed by atoms with Gasteiger partial charge in [0.05, 0.1) is 19.3 Å². The van der Waals surface area contributed by atoms with Gasteiger partial charge in [-0.05, 0) is 86.9 Å². The molecule has 0 spiro atoms. The van der Waals surface area contributed by atoms with E-state index >= 15 is 0 Å². The van der Waals surface area contributed by atoms with Crippen molar-refractivity contribution in [1.82, 2.24) is 14.9 Å². The van der Waals surface area contributed by atoms with Crippen LogP contribution in [0.1, 0.15) is 61.9 Å². The molecule has 6 heteroatoms. The minimum atomic E-state index is -0.510. The summed E-state index contributed by atoms with van der Waals surface area (Å²) >= 11 is 0. The Balaban J connectivity index is 1.58. The Labute approximate surface area is 188 Å². The highest BCUT2D eigenvalue weighted by atomic mass is 16.6. The number of aromatic amines is 1. The number of likely N-dealkylation sites (tertiary alicyclic amines) is 1. The Morgan fingerprint density at radius 1 is 1.25 bits per heavy atom. The fourth-order valence-corrected chi connectivity index (χ4v) is 4.90. The van der Waals surface area contributed by atoms with Crippen LogP contribution in [0.5, 0.6) is 0 Å². The van der Waals surface area contributed by atoms with Crippen LogP contribution in [0.4, 0.5) is 4.79 Å². The molecule has 6 nitrogen and oxygen atoms in total. The van der Waals surface area contributed by atoms with Crippen molar-refractivity contribution in [1.29, 1.82) is 0 Å². The lowest BCUT2D eigenvalue weighted by atomic mass is 9.88. The second-order valence-corrected chi connectivity index (χ2v) is 9.93. The average molecular weight is 434 g/mol. The van der Waals surface area contributed by atoms with E-state index in [1.807, 2.05) is 38.1 Å². The maximum absolute atomic E-state index is 13.0. The van der Waals surface area contributed by atoms with Crippen molar-refractivity contribution in [2.75, 3.05) is 13.2 Å². The molecule has 1 amide bonds. The highest BCUT2D eigenvalue weighted by Crippen LogP contribution is 2.40. The van der Waals surface area contributed by atoms with Gasteiger partial charge >= 0.3 is 6.09 Å². The van der Waals surface area contributed by atoms with E-state index in [0.29, 0.717) is 6.61 Å². The second-order valence-electron chi connectivity index (χ2n) is 9.93. The number of hydrogen-bond donors (Lipinski definition) is 1. The molecule has 1 N–H and O–H groups in total. The number of H-pyrrole nitrogens is 1. The Morgan fingerprint density at radius 2 is 2.09 bits per heavy atom. The van der Waals surface area contributed by atoms with Gasteiger partial charge in [-0.2, -0.15) is 0 Å². The minimum Gasteiger partial charge on any atom is -0.444 e. The van der Waals surface area contributed by atoms with Crippen molar-refractivity contribution in [2.45, 2.75) is 65.2 Å². The van der Waals surface area contributed by atoms with Gasteiger partial charge in [0, 0.05) is 29.9 Å². The summed E-state index contributed by atoms with van der Waals surface area (Å²) in [5.41, 5.74) is 7.55. The smallest absolute Gasteiger partial charge is 0.410 e. The number of aromatic nitrogens is 2. The summed E-state index contributed by atoms with van der Waals surface area (Å²) in [6.45, 7) is 9.88. The number of aryl methyl sites for hydroxylation is 1. The SMILES string of the molecule is Cc1c[nH]c2ncc(-c3cc4c(c(C5CCCN5C(=O)OC(C)(C)C)c3)COCC4)cc12. The summed E-state index contributed by atoms with van der Waals surface area (Å²) in [5, 5.41) is 1.14. The lowest BCUT2D eigenvalue weighted by molar-refractivity contribution is 0.0221.